The highest BCUT2D eigenvalue weighted by atomic mass is 32.2. The first-order valence-corrected chi connectivity index (χ1v) is 9.44. The number of aryl methyl sites for hydroxylation is 2. The van der Waals surface area contributed by atoms with Gasteiger partial charge in [-0.05, 0) is 49.9 Å². The van der Waals surface area contributed by atoms with Gasteiger partial charge in [0, 0.05) is 11.7 Å². The second kappa shape index (κ2) is 8.96. The monoisotopic (exact) mass is 334 g/mol. The van der Waals surface area contributed by atoms with Crippen LogP contribution < -0.4 is 10.6 Å². The van der Waals surface area contributed by atoms with E-state index in [9.17, 15) is 9.59 Å². The molecule has 0 atom stereocenters. The molecule has 0 aromatic heterocycles. The van der Waals surface area contributed by atoms with Crippen LogP contribution in [0.3, 0.4) is 0 Å². The van der Waals surface area contributed by atoms with E-state index in [1.165, 1.54) is 36.6 Å². The van der Waals surface area contributed by atoms with Crippen LogP contribution in [0.1, 0.15) is 43.2 Å². The van der Waals surface area contributed by atoms with Crippen molar-refractivity contribution in [2.24, 2.45) is 0 Å². The molecule has 0 saturated heterocycles. The molecule has 1 saturated carbocycles. The molecule has 0 aliphatic heterocycles. The van der Waals surface area contributed by atoms with Crippen LogP contribution in [0.4, 0.5) is 5.69 Å². The number of benzene rings is 1. The van der Waals surface area contributed by atoms with Crippen LogP contribution in [0.2, 0.25) is 0 Å². The van der Waals surface area contributed by atoms with E-state index in [1.54, 1.807) is 0 Å². The SMILES string of the molecule is Cc1ccc(NC(=O)CSCC(=O)NC2CCCCC2)cc1C. The standard InChI is InChI=1S/C18H26N2O2S/c1-13-8-9-16(10-14(13)2)20-18(22)12-23-11-17(21)19-15-6-4-3-5-7-15/h8-10,15H,3-7,11-12H2,1-2H3,(H,19,21)(H,20,22). The number of amides is 2. The number of anilines is 1. The predicted molar refractivity (Wildman–Crippen MR) is 96.9 cm³/mol. The van der Waals surface area contributed by atoms with Gasteiger partial charge in [-0.1, -0.05) is 25.3 Å². The lowest BCUT2D eigenvalue weighted by Crippen LogP contribution is -2.37. The molecule has 0 spiro atoms. The van der Waals surface area contributed by atoms with Gasteiger partial charge in [0.25, 0.3) is 0 Å². The summed E-state index contributed by atoms with van der Waals surface area (Å²) in [4.78, 5) is 23.8. The largest absolute Gasteiger partial charge is 0.353 e. The van der Waals surface area contributed by atoms with Crippen molar-refractivity contribution in [2.75, 3.05) is 16.8 Å². The fourth-order valence-electron chi connectivity index (χ4n) is 2.77. The van der Waals surface area contributed by atoms with Gasteiger partial charge in [0.05, 0.1) is 11.5 Å². The van der Waals surface area contributed by atoms with Gasteiger partial charge in [0.15, 0.2) is 0 Å². The maximum absolute atomic E-state index is 11.9. The number of carbonyl (C=O) groups is 2. The number of hydrogen-bond donors (Lipinski definition) is 2. The predicted octanol–water partition coefficient (Wildman–Crippen LogP) is 3.42. The minimum absolute atomic E-state index is 0.0425. The number of nitrogens with one attached hydrogen (secondary N) is 2. The molecule has 1 aromatic carbocycles. The quantitative estimate of drug-likeness (QED) is 0.838. The highest BCUT2D eigenvalue weighted by Crippen LogP contribution is 2.18. The second-order valence-electron chi connectivity index (χ2n) is 6.24. The third-order valence-corrected chi connectivity index (χ3v) is 5.16. The average molecular weight is 334 g/mol. The molecule has 2 rings (SSSR count). The Morgan fingerprint density at radius 1 is 1.04 bits per heavy atom. The zero-order chi connectivity index (χ0) is 16.7. The summed E-state index contributed by atoms with van der Waals surface area (Å²) >= 11 is 1.36. The third kappa shape index (κ3) is 6.26. The van der Waals surface area contributed by atoms with Crippen LogP contribution in [0, 0.1) is 13.8 Å². The molecule has 1 aromatic rings. The second-order valence-corrected chi connectivity index (χ2v) is 7.23. The summed E-state index contributed by atoms with van der Waals surface area (Å²) in [5, 5.41) is 5.94. The highest BCUT2D eigenvalue weighted by molar-refractivity contribution is 8.00. The Morgan fingerprint density at radius 2 is 1.74 bits per heavy atom. The molecule has 5 heteroatoms. The Kier molecular flexibility index (Phi) is 6.96. The lowest BCUT2D eigenvalue weighted by molar-refractivity contribution is -0.119. The number of hydrogen-bond acceptors (Lipinski definition) is 3. The third-order valence-electron chi connectivity index (χ3n) is 4.23. The van der Waals surface area contributed by atoms with Crippen molar-refractivity contribution in [2.45, 2.75) is 52.0 Å². The molecule has 2 N–H and O–H groups in total. The molecule has 0 unspecified atom stereocenters. The summed E-state index contributed by atoms with van der Waals surface area (Å²) in [7, 11) is 0. The molecular weight excluding hydrogens is 308 g/mol. The van der Waals surface area contributed by atoms with Crippen molar-refractivity contribution >= 4 is 29.3 Å². The maximum Gasteiger partial charge on any atom is 0.234 e. The van der Waals surface area contributed by atoms with Gasteiger partial charge < -0.3 is 10.6 Å². The number of rotatable bonds is 6. The van der Waals surface area contributed by atoms with Crippen LogP contribution in [0.5, 0.6) is 0 Å². The van der Waals surface area contributed by atoms with Crippen LogP contribution in [-0.4, -0.2) is 29.4 Å². The van der Waals surface area contributed by atoms with Gasteiger partial charge in [-0.3, -0.25) is 9.59 Å². The summed E-state index contributed by atoms with van der Waals surface area (Å²) in [6.07, 6.45) is 5.86. The molecule has 126 valence electrons. The zero-order valence-corrected chi connectivity index (χ0v) is 14.8. The van der Waals surface area contributed by atoms with E-state index in [4.69, 9.17) is 0 Å². The van der Waals surface area contributed by atoms with E-state index in [0.717, 1.165) is 24.1 Å². The van der Waals surface area contributed by atoms with E-state index in [-0.39, 0.29) is 11.8 Å². The van der Waals surface area contributed by atoms with E-state index in [0.29, 0.717) is 17.5 Å². The Morgan fingerprint density at radius 3 is 2.43 bits per heavy atom. The van der Waals surface area contributed by atoms with E-state index in [2.05, 4.69) is 10.6 Å². The molecule has 0 radical (unpaired) electrons. The Labute approximate surface area is 142 Å². The van der Waals surface area contributed by atoms with Gasteiger partial charge in [-0.25, -0.2) is 0 Å². The Balaban J connectivity index is 1.65. The first-order valence-electron chi connectivity index (χ1n) is 8.29. The first-order chi connectivity index (χ1) is 11.0. The topological polar surface area (TPSA) is 58.2 Å². The number of carbonyl (C=O) groups excluding carboxylic acids is 2. The van der Waals surface area contributed by atoms with Crippen molar-refractivity contribution < 1.29 is 9.59 Å². The summed E-state index contributed by atoms with van der Waals surface area (Å²) in [6.45, 7) is 4.07. The molecule has 1 aliphatic rings. The minimum Gasteiger partial charge on any atom is -0.353 e. The fourth-order valence-corrected chi connectivity index (χ4v) is 3.40. The van der Waals surface area contributed by atoms with E-state index in [1.807, 2.05) is 32.0 Å². The molecule has 1 fully saturated rings. The first kappa shape index (κ1) is 17.9. The molecule has 2 amide bonds. The average Bonchev–Trinajstić information content (AvgIpc) is 2.52. The van der Waals surface area contributed by atoms with Gasteiger partial charge in [0.2, 0.25) is 11.8 Å². The van der Waals surface area contributed by atoms with Crippen LogP contribution in [0.25, 0.3) is 0 Å². The van der Waals surface area contributed by atoms with Crippen LogP contribution in [0.15, 0.2) is 18.2 Å². The van der Waals surface area contributed by atoms with Crippen molar-refractivity contribution in [1.29, 1.82) is 0 Å². The van der Waals surface area contributed by atoms with Crippen molar-refractivity contribution in [3.63, 3.8) is 0 Å². The summed E-state index contributed by atoms with van der Waals surface area (Å²) < 4.78 is 0. The normalized spacial score (nSPS) is 15.2. The van der Waals surface area contributed by atoms with Crippen LogP contribution in [-0.2, 0) is 9.59 Å². The molecule has 1 aliphatic carbocycles. The minimum atomic E-state index is -0.0660. The molecule has 0 heterocycles. The summed E-state index contributed by atoms with van der Waals surface area (Å²) in [5.74, 6) is 0.617. The summed E-state index contributed by atoms with van der Waals surface area (Å²) in [6, 6.07) is 6.20. The Hall–Kier alpha value is -1.49. The van der Waals surface area contributed by atoms with Gasteiger partial charge in [-0.15, -0.1) is 11.8 Å². The van der Waals surface area contributed by atoms with Gasteiger partial charge in [-0.2, -0.15) is 0 Å². The van der Waals surface area contributed by atoms with Gasteiger partial charge >= 0.3 is 0 Å². The zero-order valence-electron chi connectivity index (χ0n) is 14.0. The maximum atomic E-state index is 11.9. The smallest absolute Gasteiger partial charge is 0.234 e. The van der Waals surface area contributed by atoms with E-state index >= 15 is 0 Å². The lowest BCUT2D eigenvalue weighted by Gasteiger charge is -2.22. The van der Waals surface area contributed by atoms with Crippen molar-refractivity contribution in [3.05, 3.63) is 29.3 Å². The fraction of sp³-hybridized carbons (Fsp3) is 0.556. The molecule has 23 heavy (non-hydrogen) atoms. The van der Waals surface area contributed by atoms with Crippen molar-refractivity contribution in [3.8, 4) is 0 Å². The molecule has 0 bridgehead atoms. The molecule has 4 nitrogen and oxygen atoms in total. The lowest BCUT2D eigenvalue weighted by atomic mass is 9.95. The molecular formula is C18H26N2O2S. The van der Waals surface area contributed by atoms with E-state index < -0.39 is 0 Å². The van der Waals surface area contributed by atoms with Crippen molar-refractivity contribution in [1.82, 2.24) is 5.32 Å². The number of thioether (sulfide) groups is 1. The highest BCUT2D eigenvalue weighted by Gasteiger charge is 2.15. The van der Waals surface area contributed by atoms with Gasteiger partial charge in [0.1, 0.15) is 0 Å². The summed E-state index contributed by atoms with van der Waals surface area (Å²) in [5.41, 5.74) is 3.17. The van der Waals surface area contributed by atoms with Crippen LogP contribution >= 0.6 is 11.8 Å². The Bertz CT molecular complexity index is 554.